The topological polar surface area (TPSA) is 52.6 Å². The van der Waals surface area contributed by atoms with E-state index in [0.29, 0.717) is 25.3 Å². The SMILES string of the molecule is CCCCCCCCCCCCO[P+](=O)CC(CC1CCCCC1)C(=O)OCC. The summed E-state index contributed by atoms with van der Waals surface area (Å²) in [4.78, 5) is 12.3. The number of esters is 1. The molecule has 4 nitrogen and oxygen atoms in total. The second kappa shape index (κ2) is 18.3. The van der Waals surface area contributed by atoms with Crippen LogP contribution in [0.1, 0.15) is 117 Å². The molecule has 0 bridgehead atoms. The van der Waals surface area contributed by atoms with Gasteiger partial charge in [-0.2, -0.15) is 0 Å². The Morgan fingerprint density at radius 3 is 2.07 bits per heavy atom. The van der Waals surface area contributed by atoms with Crippen LogP contribution in [0.3, 0.4) is 0 Å². The summed E-state index contributed by atoms with van der Waals surface area (Å²) in [6, 6.07) is 0. The molecule has 0 aromatic rings. The third-order valence-electron chi connectivity index (χ3n) is 6.07. The first-order valence-electron chi connectivity index (χ1n) is 12.4. The Balaban J connectivity index is 2.13. The molecular formula is C24H46O4P+. The van der Waals surface area contributed by atoms with Gasteiger partial charge < -0.3 is 4.74 Å². The summed E-state index contributed by atoms with van der Waals surface area (Å²) in [6.07, 6.45) is 20.1. The maximum atomic E-state index is 12.4. The third-order valence-corrected chi connectivity index (χ3v) is 7.27. The van der Waals surface area contributed by atoms with Crippen molar-refractivity contribution in [1.29, 1.82) is 0 Å². The number of ether oxygens (including phenoxy) is 1. The Morgan fingerprint density at radius 2 is 1.48 bits per heavy atom. The first-order chi connectivity index (χ1) is 14.2. The molecule has 1 saturated carbocycles. The maximum Gasteiger partial charge on any atom is 0.508 e. The lowest BCUT2D eigenvalue weighted by Crippen LogP contribution is -2.24. The van der Waals surface area contributed by atoms with Crippen LogP contribution in [-0.2, 0) is 18.6 Å². The summed E-state index contributed by atoms with van der Waals surface area (Å²) in [5, 5.41) is 0. The van der Waals surface area contributed by atoms with Gasteiger partial charge in [-0.1, -0.05) is 96.8 Å². The standard InChI is InChI=1S/C24H46O4P/c1-3-5-6-7-8-9-10-11-12-16-19-28-29(26)21-23(24(25)27-4-2)20-22-17-14-13-15-18-22/h22-23H,3-21H2,1-2H3/q+1. The zero-order valence-corrected chi connectivity index (χ0v) is 20.1. The van der Waals surface area contributed by atoms with Gasteiger partial charge in [0.15, 0.2) is 6.16 Å². The van der Waals surface area contributed by atoms with Crippen LogP contribution >= 0.6 is 8.03 Å². The van der Waals surface area contributed by atoms with Gasteiger partial charge in [-0.3, -0.25) is 4.79 Å². The minimum absolute atomic E-state index is 0.191. The zero-order valence-electron chi connectivity index (χ0n) is 19.2. The van der Waals surface area contributed by atoms with E-state index in [9.17, 15) is 9.36 Å². The molecule has 0 saturated heterocycles. The summed E-state index contributed by atoms with van der Waals surface area (Å²) in [5.41, 5.74) is 0. The number of unbranched alkanes of at least 4 members (excludes halogenated alkanes) is 9. The van der Waals surface area contributed by atoms with Crippen LogP contribution < -0.4 is 0 Å². The predicted octanol–water partition coefficient (Wildman–Crippen LogP) is 7.82. The van der Waals surface area contributed by atoms with Crippen LogP contribution in [0.4, 0.5) is 0 Å². The van der Waals surface area contributed by atoms with Gasteiger partial charge in [0.1, 0.15) is 12.5 Å². The van der Waals surface area contributed by atoms with E-state index in [4.69, 9.17) is 9.26 Å². The number of carbonyl (C=O) groups is 1. The van der Waals surface area contributed by atoms with E-state index >= 15 is 0 Å². The van der Waals surface area contributed by atoms with Crippen molar-refractivity contribution in [3.63, 3.8) is 0 Å². The summed E-state index contributed by atoms with van der Waals surface area (Å²) in [7, 11) is -1.78. The van der Waals surface area contributed by atoms with E-state index in [1.165, 1.54) is 83.5 Å². The fourth-order valence-electron chi connectivity index (χ4n) is 4.32. The molecule has 0 aromatic heterocycles. The van der Waals surface area contributed by atoms with E-state index < -0.39 is 8.03 Å². The van der Waals surface area contributed by atoms with Crippen LogP contribution in [0, 0.1) is 11.8 Å². The van der Waals surface area contributed by atoms with Gasteiger partial charge in [-0.05, 0) is 30.2 Å². The largest absolute Gasteiger partial charge is 0.508 e. The minimum Gasteiger partial charge on any atom is -0.466 e. The first-order valence-corrected chi connectivity index (χ1v) is 13.8. The van der Waals surface area contributed by atoms with E-state index in [1.807, 2.05) is 6.92 Å². The lowest BCUT2D eigenvalue weighted by Gasteiger charge is -2.23. The van der Waals surface area contributed by atoms with Gasteiger partial charge in [-0.25, -0.2) is 0 Å². The summed E-state index contributed by atoms with van der Waals surface area (Å²) < 4.78 is 23.2. The molecule has 170 valence electrons. The van der Waals surface area contributed by atoms with E-state index in [2.05, 4.69) is 6.92 Å². The summed E-state index contributed by atoms with van der Waals surface area (Å²) >= 11 is 0. The van der Waals surface area contributed by atoms with Gasteiger partial charge in [-0.15, -0.1) is 4.52 Å². The Morgan fingerprint density at radius 1 is 0.897 bits per heavy atom. The molecular weight excluding hydrogens is 383 g/mol. The third kappa shape index (κ3) is 14.2. The highest BCUT2D eigenvalue weighted by Gasteiger charge is 2.33. The van der Waals surface area contributed by atoms with E-state index in [0.717, 1.165) is 19.3 Å². The molecule has 5 heteroatoms. The summed E-state index contributed by atoms with van der Waals surface area (Å²) in [6.45, 7) is 5.02. The van der Waals surface area contributed by atoms with Gasteiger partial charge >= 0.3 is 14.0 Å². The Labute approximate surface area is 180 Å². The minimum atomic E-state index is -1.78. The van der Waals surface area contributed by atoms with E-state index in [1.54, 1.807) is 0 Å². The molecule has 2 unspecified atom stereocenters. The monoisotopic (exact) mass is 429 g/mol. The van der Waals surface area contributed by atoms with Crippen molar-refractivity contribution < 1.29 is 18.6 Å². The van der Waals surface area contributed by atoms with Crippen molar-refractivity contribution in [2.24, 2.45) is 11.8 Å². The quantitative estimate of drug-likeness (QED) is 0.127. The Bertz CT molecular complexity index is 421. The molecule has 0 heterocycles. The van der Waals surface area contributed by atoms with Crippen molar-refractivity contribution in [2.45, 2.75) is 117 Å². The second-order valence-corrected chi connectivity index (χ2v) is 10.0. The molecule has 0 aliphatic heterocycles. The van der Waals surface area contributed by atoms with Crippen molar-refractivity contribution in [3.05, 3.63) is 0 Å². The lowest BCUT2D eigenvalue weighted by atomic mass is 9.83. The fourth-order valence-corrected chi connectivity index (χ4v) is 5.42. The van der Waals surface area contributed by atoms with Crippen molar-refractivity contribution in [2.75, 3.05) is 19.4 Å². The Hall–Kier alpha value is -0.470. The van der Waals surface area contributed by atoms with Crippen LogP contribution in [0.15, 0.2) is 0 Å². The van der Waals surface area contributed by atoms with Crippen LogP contribution in [0.2, 0.25) is 0 Å². The van der Waals surface area contributed by atoms with Crippen LogP contribution in [-0.4, -0.2) is 25.3 Å². The molecule has 1 rings (SSSR count). The van der Waals surface area contributed by atoms with Gasteiger partial charge in [0, 0.05) is 0 Å². The van der Waals surface area contributed by atoms with Crippen molar-refractivity contribution in [3.8, 4) is 0 Å². The fraction of sp³-hybridized carbons (Fsp3) is 0.958. The smallest absolute Gasteiger partial charge is 0.466 e. The predicted molar refractivity (Wildman–Crippen MR) is 122 cm³/mol. The molecule has 2 atom stereocenters. The molecule has 1 fully saturated rings. The van der Waals surface area contributed by atoms with Gasteiger partial charge in [0.05, 0.1) is 6.61 Å². The number of rotatable bonds is 18. The maximum absolute atomic E-state index is 12.4. The average Bonchev–Trinajstić information content (AvgIpc) is 2.72. The molecule has 1 aliphatic carbocycles. The molecule has 1 aliphatic rings. The lowest BCUT2D eigenvalue weighted by molar-refractivity contribution is -0.148. The normalized spacial score (nSPS) is 16.6. The van der Waals surface area contributed by atoms with E-state index in [-0.39, 0.29) is 11.9 Å². The molecule has 0 spiro atoms. The highest BCUT2D eigenvalue weighted by Crippen LogP contribution is 2.34. The molecule has 0 aromatic carbocycles. The zero-order chi connectivity index (χ0) is 21.2. The second-order valence-electron chi connectivity index (χ2n) is 8.72. The first kappa shape index (κ1) is 26.6. The molecule has 0 N–H and O–H groups in total. The van der Waals surface area contributed by atoms with Gasteiger partial charge in [0.25, 0.3) is 0 Å². The van der Waals surface area contributed by atoms with Gasteiger partial charge in [0.2, 0.25) is 0 Å². The Kier molecular flexibility index (Phi) is 16.8. The number of hydrogen-bond acceptors (Lipinski definition) is 4. The highest BCUT2D eigenvalue weighted by molar-refractivity contribution is 7.39. The average molecular weight is 430 g/mol. The molecule has 29 heavy (non-hydrogen) atoms. The number of hydrogen-bond donors (Lipinski definition) is 0. The van der Waals surface area contributed by atoms with Crippen molar-refractivity contribution >= 4 is 14.0 Å². The van der Waals surface area contributed by atoms with Crippen LogP contribution in [0.5, 0.6) is 0 Å². The van der Waals surface area contributed by atoms with Crippen LogP contribution in [0.25, 0.3) is 0 Å². The molecule has 0 radical (unpaired) electrons. The van der Waals surface area contributed by atoms with Crippen molar-refractivity contribution in [1.82, 2.24) is 0 Å². The highest BCUT2D eigenvalue weighted by atomic mass is 31.1. The number of carbonyl (C=O) groups excluding carboxylic acids is 1. The molecule has 0 amide bonds. The summed E-state index contributed by atoms with van der Waals surface area (Å²) in [5.74, 6) is 0.113.